The number of hydrogen-bond acceptors (Lipinski definition) is 4. The van der Waals surface area contributed by atoms with Crippen LogP contribution < -0.4 is 0 Å². The van der Waals surface area contributed by atoms with Crippen molar-refractivity contribution >= 4 is 0 Å². The molecule has 2 fully saturated rings. The summed E-state index contributed by atoms with van der Waals surface area (Å²) >= 11 is 0. The third kappa shape index (κ3) is 1.07. The first kappa shape index (κ1) is 8.31. The lowest BCUT2D eigenvalue weighted by Gasteiger charge is -2.36. The van der Waals surface area contributed by atoms with Gasteiger partial charge in [-0.3, -0.25) is 0 Å². The standard InChI is InChI=1S/C8H13N5O/c1-6-9-11-12(10-6)8-5-13(14)3-2-7(8)4-13/h7-8H,2-5H2,1H3/t7-,8+,13?/m1/s1. The van der Waals surface area contributed by atoms with Gasteiger partial charge in [0.05, 0.1) is 13.1 Å². The Morgan fingerprint density at radius 1 is 1.50 bits per heavy atom. The van der Waals surface area contributed by atoms with E-state index < -0.39 is 0 Å². The molecule has 0 N–H and O–H groups in total. The Bertz CT molecular complexity index is 364. The van der Waals surface area contributed by atoms with Gasteiger partial charge in [-0.2, -0.15) is 4.80 Å². The summed E-state index contributed by atoms with van der Waals surface area (Å²) in [6, 6.07) is 0.183. The highest BCUT2D eigenvalue weighted by atomic mass is 16.5. The number of hydrogen-bond donors (Lipinski definition) is 0. The molecule has 0 spiro atoms. The number of fused-ring (bicyclic) bond motifs is 2. The van der Waals surface area contributed by atoms with E-state index >= 15 is 0 Å². The van der Waals surface area contributed by atoms with Gasteiger partial charge in [0.2, 0.25) is 0 Å². The molecule has 2 bridgehead atoms. The number of piperidine rings is 1. The van der Waals surface area contributed by atoms with Crippen LogP contribution in [0.25, 0.3) is 0 Å². The Morgan fingerprint density at radius 3 is 2.86 bits per heavy atom. The van der Waals surface area contributed by atoms with Crippen LogP contribution in [0.4, 0.5) is 0 Å². The van der Waals surface area contributed by atoms with E-state index in [0.717, 1.165) is 19.5 Å². The van der Waals surface area contributed by atoms with Gasteiger partial charge in [-0.15, -0.1) is 10.2 Å². The first-order valence-corrected chi connectivity index (χ1v) is 4.99. The smallest absolute Gasteiger partial charge is 0.171 e. The molecule has 0 amide bonds. The summed E-state index contributed by atoms with van der Waals surface area (Å²) in [4.78, 5) is 1.64. The van der Waals surface area contributed by atoms with E-state index in [1.165, 1.54) is 0 Å². The highest BCUT2D eigenvalue weighted by molar-refractivity contribution is 4.85. The zero-order chi connectivity index (χ0) is 9.76. The van der Waals surface area contributed by atoms with Crippen molar-refractivity contribution in [3.05, 3.63) is 11.0 Å². The van der Waals surface area contributed by atoms with Crippen LogP contribution in [0.5, 0.6) is 0 Å². The summed E-state index contributed by atoms with van der Waals surface area (Å²) in [6.45, 7) is 3.96. The average molecular weight is 195 g/mol. The minimum absolute atomic E-state index is 0.0457. The van der Waals surface area contributed by atoms with Gasteiger partial charge in [0.15, 0.2) is 5.82 Å². The van der Waals surface area contributed by atoms with Crippen LogP contribution in [0.3, 0.4) is 0 Å². The van der Waals surface area contributed by atoms with Gasteiger partial charge in [0.1, 0.15) is 12.6 Å². The van der Waals surface area contributed by atoms with Crippen molar-refractivity contribution in [3.8, 4) is 0 Å². The lowest BCUT2D eigenvalue weighted by Crippen LogP contribution is -2.39. The van der Waals surface area contributed by atoms with Crippen molar-refractivity contribution in [1.82, 2.24) is 20.2 Å². The maximum atomic E-state index is 12.0. The van der Waals surface area contributed by atoms with E-state index in [-0.39, 0.29) is 10.7 Å². The minimum Gasteiger partial charge on any atom is -0.633 e. The predicted molar refractivity (Wildman–Crippen MR) is 47.9 cm³/mol. The van der Waals surface area contributed by atoms with Gasteiger partial charge in [0, 0.05) is 12.3 Å². The number of tetrazole rings is 1. The Kier molecular flexibility index (Phi) is 1.49. The van der Waals surface area contributed by atoms with Gasteiger partial charge in [-0.25, -0.2) is 0 Å². The molecule has 0 aromatic carbocycles. The van der Waals surface area contributed by atoms with Gasteiger partial charge in [0.25, 0.3) is 0 Å². The molecule has 1 aromatic heterocycles. The Balaban J connectivity index is 1.89. The fourth-order valence-electron chi connectivity index (χ4n) is 2.68. The third-order valence-corrected chi connectivity index (χ3v) is 3.36. The van der Waals surface area contributed by atoms with Crippen molar-refractivity contribution in [2.24, 2.45) is 5.92 Å². The number of aryl methyl sites for hydroxylation is 1. The number of rotatable bonds is 1. The Morgan fingerprint density at radius 2 is 2.36 bits per heavy atom. The summed E-state index contributed by atoms with van der Waals surface area (Å²) in [6.07, 6.45) is 1.01. The van der Waals surface area contributed by atoms with Crippen molar-refractivity contribution in [2.75, 3.05) is 19.6 Å². The maximum Gasteiger partial charge on any atom is 0.171 e. The van der Waals surface area contributed by atoms with Crippen LogP contribution in [0.2, 0.25) is 0 Å². The molecule has 3 heterocycles. The van der Waals surface area contributed by atoms with Crippen LogP contribution in [-0.4, -0.2) is 44.5 Å². The van der Waals surface area contributed by atoms with Crippen molar-refractivity contribution in [3.63, 3.8) is 0 Å². The Hall–Kier alpha value is -1.01. The molecular formula is C8H13N5O. The molecule has 0 aliphatic carbocycles. The summed E-state index contributed by atoms with van der Waals surface area (Å²) in [7, 11) is 0. The van der Waals surface area contributed by atoms with Crippen LogP contribution in [0, 0.1) is 18.0 Å². The second-order valence-corrected chi connectivity index (χ2v) is 4.42. The fourth-order valence-corrected chi connectivity index (χ4v) is 2.68. The van der Waals surface area contributed by atoms with E-state index in [1.807, 2.05) is 6.92 Å². The molecule has 1 aromatic rings. The Labute approximate surface area is 81.7 Å². The molecule has 2 saturated heterocycles. The van der Waals surface area contributed by atoms with E-state index in [4.69, 9.17) is 0 Å². The first-order valence-electron chi connectivity index (χ1n) is 4.99. The van der Waals surface area contributed by atoms with E-state index in [1.54, 1.807) is 4.80 Å². The molecular weight excluding hydrogens is 182 g/mol. The summed E-state index contributed by atoms with van der Waals surface area (Å²) in [5.41, 5.74) is 0. The first-order chi connectivity index (χ1) is 6.66. The molecule has 3 atom stereocenters. The van der Waals surface area contributed by atoms with Crippen molar-refractivity contribution < 1.29 is 4.65 Å². The van der Waals surface area contributed by atoms with E-state index in [9.17, 15) is 5.21 Å². The van der Waals surface area contributed by atoms with Gasteiger partial charge < -0.3 is 9.85 Å². The molecule has 14 heavy (non-hydrogen) atoms. The summed E-state index contributed by atoms with van der Waals surface area (Å²) in [5.74, 6) is 1.14. The molecule has 1 unspecified atom stereocenters. The molecule has 0 radical (unpaired) electrons. The van der Waals surface area contributed by atoms with E-state index in [2.05, 4.69) is 15.4 Å². The highest BCUT2D eigenvalue weighted by Gasteiger charge is 2.48. The number of aromatic nitrogens is 4. The predicted octanol–water partition coefficient (Wildman–Crippen LogP) is -0.129. The molecule has 6 heteroatoms. The van der Waals surface area contributed by atoms with Crippen LogP contribution >= 0.6 is 0 Å². The number of quaternary nitrogens is 1. The van der Waals surface area contributed by atoms with Crippen molar-refractivity contribution in [2.45, 2.75) is 19.4 Å². The largest absolute Gasteiger partial charge is 0.633 e. The second-order valence-electron chi connectivity index (χ2n) is 4.42. The second kappa shape index (κ2) is 2.52. The summed E-state index contributed by atoms with van der Waals surface area (Å²) in [5, 5.41) is 24.0. The lowest BCUT2D eigenvalue weighted by molar-refractivity contribution is -0.861. The molecule has 3 rings (SSSR count). The SMILES string of the molecule is Cc1nnn([C@H]2C[N+]3([O-])CC[C@@H]2C3)n1. The van der Waals surface area contributed by atoms with Gasteiger partial charge in [-0.1, -0.05) is 0 Å². The van der Waals surface area contributed by atoms with Crippen molar-refractivity contribution in [1.29, 1.82) is 0 Å². The lowest BCUT2D eigenvalue weighted by atomic mass is 10.0. The average Bonchev–Trinajstić information content (AvgIpc) is 2.76. The maximum absolute atomic E-state index is 12.0. The normalized spacial score (nSPS) is 40.7. The summed E-state index contributed by atoms with van der Waals surface area (Å²) < 4.78 is -0.0457. The minimum atomic E-state index is -0.0457. The number of hydroxylamine groups is 3. The highest BCUT2D eigenvalue weighted by Crippen LogP contribution is 2.40. The quantitative estimate of drug-likeness (QED) is 0.462. The topological polar surface area (TPSA) is 66.7 Å². The molecule has 6 nitrogen and oxygen atoms in total. The monoisotopic (exact) mass is 195 g/mol. The molecule has 76 valence electrons. The molecule has 0 saturated carbocycles. The van der Waals surface area contributed by atoms with Crippen LogP contribution in [0.15, 0.2) is 0 Å². The number of nitrogens with zero attached hydrogens (tertiary/aromatic N) is 5. The van der Waals surface area contributed by atoms with Crippen LogP contribution in [0.1, 0.15) is 18.3 Å². The molecule has 2 aliphatic heterocycles. The third-order valence-electron chi connectivity index (χ3n) is 3.36. The van der Waals surface area contributed by atoms with Gasteiger partial charge >= 0.3 is 0 Å². The zero-order valence-electron chi connectivity index (χ0n) is 8.13. The fraction of sp³-hybridized carbons (Fsp3) is 0.875. The van der Waals surface area contributed by atoms with E-state index in [0.29, 0.717) is 18.3 Å². The molecule has 2 aliphatic rings. The zero-order valence-corrected chi connectivity index (χ0v) is 8.13. The van der Waals surface area contributed by atoms with Gasteiger partial charge in [-0.05, 0) is 12.1 Å². The van der Waals surface area contributed by atoms with Crippen LogP contribution in [-0.2, 0) is 0 Å².